The third-order valence-electron chi connectivity index (χ3n) is 2.86. The first kappa shape index (κ1) is 13.9. The van der Waals surface area contributed by atoms with E-state index in [-0.39, 0.29) is 0 Å². The van der Waals surface area contributed by atoms with Gasteiger partial charge in [0.15, 0.2) is 0 Å². The highest BCUT2D eigenvalue weighted by molar-refractivity contribution is 5.13. The molecule has 0 heterocycles. The molecule has 1 N–H and O–H groups in total. The lowest BCUT2D eigenvalue weighted by atomic mass is 10.2. The van der Waals surface area contributed by atoms with E-state index in [1.165, 1.54) is 18.5 Å². The number of hydrogen-bond acceptors (Lipinski definition) is 1. The molecule has 1 aromatic rings. The van der Waals surface area contributed by atoms with Crippen molar-refractivity contribution in [3.05, 3.63) is 48.6 Å². The quantitative estimate of drug-likeness (QED) is 0.413. The van der Waals surface area contributed by atoms with Gasteiger partial charge < -0.3 is 9.80 Å². The van der Waals surface area contributed by atoms with Gasteiger partial charge in [-0.15, -0.1) is 6.58 Å². The SMILES string of the molecule is C=CCNCCC[N+](C)(C)Cc1ccccc1. The Balaban J connectivity index is 2.28. The zero-order chi connectivity index (χ0) is 12.6. The minimum atomic E-state index is 0.909. The summed E-state index contributed by atoms with van der Waals surface area (Å²) in [4.78, 5) is 0. The van der Waals surface area contributed by atoms with E-state index in [4.69, 9.17) is 0 Å². The molecule has 17 heavy (non-hydrogen) atoms. The molecule has 0 saturated carbocycles. The zero-order valence-electron chi connectivity index (χ0n) is 11.2. The van der Waals surface area contributed by atoms with Gasteiger partial charge in [0.2, 0.25) is 0 Å². The van der Waals surface area contributed by atoms with Crippen molar-refractivity contribution >= 4 is 0 Å². The molecule has 0 aliphatic carbocycles. The first-order valence-corrected chi connectivity index (χ1v) is 6.31. The molecule has 0 aliphatic rings. The van der Waals surface area contributed by atoms with Crippen molar-refractivity contribution in [2.45, 2.75) is 13.0 Å². The van der Waals surface area contributed by atoms with Gasteiger partial charge in [-0.25, -0.2) is 0 Å². The van der Waals surface area contributed by atoms with Crippen molar-refractivity contribution in [1.29, 1.82) is 0 Å². The van der Waals surface area contributed by atoms with Crippen molar-refractivity contribution < 1.29 is 4.48 Å². The maximum absolute atomic E-state index is 3.70. The van der Waals surface area contributed by atoms with Crippen LogP contribution in [0.25, 0.3) is 0 Å². The Morgan fingerprint density at radius 2 is 1.94 bits per heavy atom. The van der Waals surface area contributed by atoms with Crippen LogP contribution in [0.4, 0.5) is 0 Å². The maximum atomic E-state index is 3.70. The summed E-state index contributed by atoms with van der Waals surface area (Å²) >= 11 is 0. The fourth-order valence-corrected chi connectivity index (χ4v) is 1.99. The summed E-state index contributed by atoms with van der Waals surface area (Å²) in [6.07, 6.45) is 3.11. The van der Waals surface area contributed by atoms with Crippen LogP contribution in [0.3, 0.4) is 0 Å². The minimum absolute atomic E-state index is 0.909. The molecule has 0 spiro atoms. The van der Waals surface area contributed by atoms with Gasteiger partial charge in [-0.2, -0.15) is 0 Å². The van der Waals surface area contributed by atoms with E-state index in [1.807, 2.05) is 6.08 Å². The molecule has 0 saturated heterocycles. The second kappa shape index (κ2) is 7.25. The van der Waals surface area contributed by atoms with Crippen molar-refractivity contribution in [2.75, 3.05) is 33.7 Å². The Kier molecular flexibility index (Phi) is 5.95. The van der Waals surface area contributed by atoms with Crippen LogP contribution in [0.5, 0.6) is 0 Å². The Hall–Kier alpha value is -1.12. The van der Waals surface area contributed by atoms with Crippen molar-refractivity contribution in [3.63, 3.8) is 0 Å². The lowest BCUT2D eigenvalue weighted by molar-refractivity contribution is -0.903. The number of nitrogens with zero attached hydrogens (tertiary/aromatic N) is 1. The van der Waals surface area contributed by atoms with Crippen LogP contribution in [-0.4, -0.2) is 38.2 Å². The number of rotatable bonds is 8. The Labute approximate surface area is 106 Å². The predicted octanol–water partition coefficient (Wildman–Crippen LogP) is 2.43. The van der Waals surface area contributed by atoms with Crippen molar-refractivity contribution in [3.8, 4) is 0 Å². The van der Waals surface area contributed by atoms with Gasteiger partial charge in [-0.3, -0.25) is 0 Å². The standard InChI is InChI=1S/C15H25N2/c1-4-11-16-12-8-13-17(2,3)14-15-9-6-5-7-10-15/h4-7,9-10,16H,1,8,11-14H2,2-3H3/q+1. The van der Waals surface area contributed by atoms with Gasteiger partial charge in [-0.1, -0.05) is 36.4 Å². The number of nitrogens with one attached hydrogen (secondary N) is 1. The van der Waals surface area contributed by atoms with E-state index >= 15 is 0 Å². The predicted molar refractivity (Wildman–Crippen MR) is 74.8 cm³/mol. The van der Waals surface area contributed by atoms with Crippen LogP contribution in [-0.2, 0) is 6.54 Å². The molecule has 0 amide bonds. The average molecular weight is 233 g/mol. The first-order chi connectivity index (χ1) is 8.14. The summed E-state index contributed by atoms with van der Waals surface area (Å²) in [5.41, 5.74) is 1.41. The minimum Gasteiger partial charge on any atom is -0.325 e. The summed E-state index contributed by atoms with van der Waals surface area (Å²) in [7, 11) is 4.58. The molecule has 0 unspecified atom stereocenters. The Morgan fingerprint density at radius 1 is 1.24 bits per heavy atom. The summed E-state index contributed by atoms with van der Waals surface area (Å²) in [6, 6.07) is 10.7. The topological polar surface area (TPSA) is 12.0 Å². The fourth-order valence-electron chi connectivity index (χ4n) is 1.99. The molecule has 0 atom stereocenters. The molecular formula is C15H25N2+. The summed E-state index contributed by atoms with van der Waals surface area (Å²) < 4.78 is 1.04. The number of quaternary nitrogens is 1. The lowest BCUT2D eigenvalue weighted by Crippen LogP contribution is -2.40. The van der Waals surface area contributed by atoms with E-state index in [0.717, 1.165) is 24.1 Å². The van der Waals surface area contributed by atoms with Crippen LogP contribution in [0, 0.1) is 0 Å². The van der Waals surface area contributed by atoms with Gasteiger partial charge in [0.25, 0.3) is 0 Å². The van der Waals surface area contributed by atoms with Crippen LogP contribution < -0.4 is 5.32 Å². The third-order valence-corrected chi connectivity index (χ3v) is 2.86. The van der Waals surface area contributed by atoms with Crippen molar-refractivity contribution in [2.24, 2.45) is 0 Å². The van der Waals surface area contributed by atoms with Gasteiger partial charge in [0.1, 0.15) is 6.54 Å². The van der Waals surface area contributed by atoms with Gasteiger partial charge in [0.05, 0.1) is 20.6 Å². The number of benzene rings is 1. The molecule has 0 radical (unpaired) electrons. The largest absolute Gasteiger partial charge is 0.325 e. The smallest absolute Gasteiger partial charge is 0.104 e. The van der Waals surface area contributed by atoms with Gasteiger partial charge >= 0.3 is 0 Å². The van der Waals surface area contributed by atoms with Gasteiger partial charge in [0, 0.05) is 25.1 Å². The average Bonchev–Trinajstić information content (AvgIpc) is 2.29. The molecular weight excluding hydrogens is 208 g/mol. The zero-order valence-corrected chi connectivity index (χ0v) is 11.2. The van der Waals surface area contributed by atoms with Crippen LogP contribution in [0.15, 0.2) is 43.0 Å². The summed E-state index contributed by atoms with van der Waals surface area (Å²) in [6.45, 7) is 7.97. The highest BCUT2D eigenvalue weighted by Crippen LogP contribution is 2.09. The Bertz CT molecular complexity index is 317. The molecule has 0 fully saturated rings. The van der Waals surface area contributed by atoms with E-state index in [9.17, 15) is 0 Å². The second-order valence-electron chi connectivity index (χ2n) is 5.15. The van der Waals surface area contributed by atoms with Crippen LogP contribution in [0.2, 0.25) is 0 Å². The highest BCUT2D eigenvalue weighted by atomic mass is 15.3. The van der Waals surface area contributed by atoms with E-state index < -0.39 is 0 Å². The van der Waals surface area contributed by atoms with Crippen molar-refractivity contribution in [1.82, 2.24) is 5.32 Å². The second-order valence-corrected chi connectivity index (χ2v) is 5.15. The maximum Gasteiger partial charge on any atom is 0.104 e. The van der Waals surface area contributed by atoms with Crippen LogP contribution >= 0.6 is 0 Å². The van der Waals surface area contributed by atoms with E-state index in [2.05, 4.69) is 56.3 Å². The molecule has 1 rings (SSSR count). The highest BCUT2D eigenvalue weighted by Gasteiger charge is 2.14. The summed E-state index contributed by atoms with van der Waals surface area (Å²) in [5.74, 6) is 0. The molecule has 2 nitrogen and oxygen atoms in total. The lowest BCUT2D eigenvalue weighted by Gasteiger charge is -2.30. The summed E-state index contributed by atoms with van der Waals surface area (Å²) in [5, 5.41) is 3.34. The normalized spacial score (nSPS) is 11.4. The molecule has 2 heteroatoms. The molecule has 0 aromatic heterocycles. The monoisotopic (exact) mass is 233 g/mol. The Morgan fingerprint density at radius 3 is 2.59 bits per heavy atom. The molecule has 0 bridgehead atoms. The fraction of sp³-hybridized carbons (Fsp3) is 0.467. The van der Waals surface area contributed by atoms with Crippen LogP contribution in [0.1, 0.15) is 12.0 Å². The van der Waals surface area contributed by atoms with E-state index in [1.54, 1.807) is 0 Å². The third kappa shape index (κ3) is 6.25. The molecule has 94 valence electrons. The first-order valence-electron chi connectivity index (χ1n) is 6.31. The molecule has 0 aliphatic heterocycles. The van der Waals surface area contributed by atoms with E-state index in [0.29, 0.717) is 0 Å². The molecule has 1 aromatic carbocycles. The van der Waals surface area contributed by atoms with Gasteiger partial charge in [-0.05, 0) is 0 Å². The number of hydrogen-bond donors (Lipinski definition) is 1.